The Bertz CT molecular complexity index is 619. The van der Waals surface area contributed by atoms with E-state index in [1.807, 2.05) is 5.48 Å². The van der Waals surface area contributed by atoms with Gasteiger partial charge >= 0.3 is 5.97 Å². The zero-order valence-electron chi connectivity index (χ0n) is 10.2. The fourth-order valence-electron chi connectivity index (χ4n) is 1.51. The summed E-state index contributed by atoms with van der Waals surface area (Å²) in [6.45, 7) is 0. The molecule has 0 aliphatic rings. The predicted molar refractivity (Wildman–Crippen MR) is 69.1 cm³/mol. The first-order valence-electron chi connectivity index (χ1n) is 5.66. The Morgan fingerprint density at radius 2 is 1.50 bits per heavy atom. The quantitative estimate of drug-likeness (QED) is 0.722. The van der Waals surface area contributed by atoms with Crippen molar-refractivity contribution in [3.63, 3.8) is 0 Å². The van der Waals surface area contributed by atoms with E-state index < -0.39 is 11.9 Å². The van der Waals surface area contributed by atoms with Crippen LogP contribution in [0.3, 0.4) is 0 Å². The fraction of sp³-hybridized carbons (Fsp3) is 0. The molecule has 0 radical (unpaired) electrons. The van der Waals surface area contributed by atoms with E-state index in [1.165, 1.54) is 12.1 Å². The molecule has 0 atom stereocenters. The Labute approximate surface area is 114 Å². The number of phenols is 2. The second-order valence-corrected chi connectivity index (χ2v) is 3.92. The lowest BCUT2D eigenvalue weighted by molar-refractivity contribution is 0.0230. The summed E-state index contributed by atoms with van der Waals surface area (Å²) in [5.41, 5.74) is 2.19. The Morgan fingerprint density at radius 3 is 2.10 bits per heavy atom. The van der Waals surface area contributed by atoms with Gasteiger partial charge < -0.3 is 15.1 Å². The van der Waals surface area contributed by atoms with E-state index in [4.69, 9.17) is 0 Å². The Hall–Kier alpha value is -3.02. The number of aromatic hydroxyl groups is 2. The minimum Gasteiger partial charge on any atom is -0.508 e. The molecule has 3 N–H and O–H groups in total. The number of hydroxylamine groups is 1. The molecule has 6 heteroatoms. The lowest BCUT2D eigenvalue weighted by Crippen LogP contribution is -2.27. The van der Waals surface area contributed by atoms with E-state index in [0.717, 1.165) is 18.2 Å². The normalized spacial score (nSPS) is 9.80. The standard InChI is InChI=1S/C14H11NO5/c16-11-6-10(7-12(17)8-11)13(18)15-20-14(19)9-4-2-1-3-5-9/h1-8,16-17H,(H,15,18). The Morgan fingerprint density at radius 1 is 0.900 bits per heavy atom. The zero-order chi connectivity index (χ0) is 14.5. The molecule has 2 aromatic carbocycles. The van der Waals surface area contributed by atoms with E-state index >= 15 is 0 Å². The summed E-state index contributed by atoms with van der Waals surface area (Å²) in [6.07, 6.45) is 0. The van der Waals surface area contributed by atoms with E-state index in [0.29, 0.717) is 0 Å². The van der Waals surface area contributed by atoms with Gasteiger partial charge in [0.05, 0.1) is 5.56 Å². The molecule has 0 bridgehead atoms. The van der Waals surface area contributed by atoms with Crippen LogP contribution >= 0.6 is 0 Å². The minimum absolute atomic E-state index is 0.0386. The average molecular weight is 273 g/mol. The van der Waals surface area contributed by atoms with E-state index in [-0.39, 0.29) is 22.6 Å². The number of carbonyl (C=O) groups excluding carboxylic acids is 2. The predicted octanol–water partition coefficient (Wildman–Crippen LogP) is 1.60. The maximum atomic E-state index is 11.7. The van der Waals surface area contributed by atoms with Gasteiger partial charge in [0.1, 0.15) is 11.5 Å². The molecule has 0 heterocycles. The van der Waals surface area contributed by atoms with E-state index in [2.05, 4.69) is 4.84 Å². The molecule has 1 amide bonds. The van der Waals surface area contributed by atoms with Gasteiger partial charge in [-0.1, -0.05) is 18.2 Å². The van der Waals surface area contributed by atoms with Crippen molar-refractivity contribution >= 4 is 11.9 Å². The van der Waals surface area contributed by atoms with Crippen molar-refractivity contribution in [3.05, 3.63) is 59.7 Å². The van der Waals surface area contributed by atoms with Gasteiger partial charge in [-0.15, -0.1) is 0 Å². The average Bonchev–Trinajstić information content (AvgIpc) is 2.44. The van der Waals surface area contributed by atoms with Crippen LogP contribution in [0, 0.1) is 0 Å². The molecule has 0 unspecified atom stereocenters. The lowest BCUT2D eigenvalue weighted by atomic mass is 10.2. The summed E-state index contributed by atoms with van der Waals surface area (Å²) < 4.78 is 0. The number of amides is 1. The first kappa shape index (κ1) is 13.4. The highest BCUT2D eigenvalue weighted by Crippen LogP contribution is 2.20. The third-order valence-electron chi connectivity index (χ3n) is 2.41. The smallest absolute Gasteiger partial charge is 0.362 e. The van der Waals surface area contributed by atoms with Gasteiger partial charge in [-0.25, -0.2) is 4.79 Å². The Balaban J connectivity index is 2.00. The van der Waals surface area contributed by atoms with Crippen molar-refractivity contribution in [2.45, 2.75) is 0 Å². The van der Waals surface area contributed by atoms with Crippen molar-refractivity contribution in [2.75, 3.05) is 0 Å². The summed E-state index contributed by atoms with van der Waals surface area (Å²) in [6, 6.07) is 11.5. The maximum Gasteiger partial charge on any atom is 0.362 e. The van der Waals surface area contributed by atoms with E-state index in [9.17, 15) is 19.8 Å². The Kier molecular flexibility index (Phi) is 3.85. The molecule has 102 valence electrons. The second kappa shape index (κ2) is 5.75. The monoisotopic (exact) mass is 273 g/mol. The second-order valence-electron chi connectivity index (χ2n) is 3.92. The number of carbonyl (C=O) groups is 2. The van der Waals surface area contributed by atoms with Gasteiger partial charge in [0, 0.05) is 11.6 Å². The molecule has 2 aromatic rings. The molecule has 0 aliphatic heterocycles. The summed E-state index contributed by atoms with van der Waals surface area (Å²) in [7, 11) is 0. The summed E-state index contributed by atoms with van der Waals surface area (Å²) in [4.78, 5) is 27.9. The molecule has 0 fully saturated rings. The van der Waals surface area contributed by atoms with Crippen LogP contribution in [0.5, 0.6) is 11.5 Å². The van der Waals surface area contributed by atoms with Crippen LogP contribution < -0.4 is 5.48 Å². The topological polar surface area (TPSA) is 95.9 Å². The first-order valence-corrected chi connectivity index (χ1v) is 5.66. The highest BCUT2D eigenvalue weighted by molar-refractivity contribution is 5.96. The molecule has 0 aromatic heterocycles. The number of hydrogen-bond donors (Lipinski definition) is 3. The molecule has 0 spiro atoms. The number of hydrogen-bond acceptors (Lipinski definition) is 5. The van der Waals surface area contributed by atoms with Crippen molar-refractivity contribution < 1.29 is 24.6 Å². The number of phenolic OH excluding ortho intramolecular Hbond substituents is 2. The highest BCUT2D eigenvalue weighted by Gasteiger charge is 2.12. The van der Waals surface area contributed by atoms with Gasteiger partial charge in [-0.3, -0.25) is 4.79 Å². The summed E-state index contributed by atoms with van der Waals surface area (Å²) in [5, 5.41) is 18.5. The number of nitrogens with one attached hydrogen (secondary N) is 1. The van der Waals surface area contributed by atoms with Crippen LogP contribution in [0.4, 0.5) is 0 Å². The van der Waals surface area contributed by atoms with Crippen LogP contribution in [0.1, 0.15) is 20.7 Å². The van der Waals surface area contributed by atoms with Crippen molar-refractivity contribution in [2.24, 2.45) is 0 Å². The van der Waals surface area contributed by atoms with Crippen LogP contribution in [-0.2, 0) is 4.84 Å². The molecule has 0 saturated carbocycles. The van der Waals surface area contributed by atoms with Gasteiger partial charge in [0.15, 0.2) is 0 Å². The third-order valence-corrected chi connectivity index (χ3v) is 2.41. The first-order chi connectivity index (χ1) is 9.56. The van der Waals surface area contributed by atoms with Crippen molar-refractivity contribution in [3.8, 4) is 11.5 Å². The van der Waals surface area contributed by atoms with E-state index in [1.54, 1.807) is 18.2 Å². The molecular formula is C14H11NO5. The molecule has 0 saturated heterocycles. The molecule has 0 aliphatic carbocycles. The van der Waals surface area contributed by atoms with Crippen molar-refractivity contribution in [1.29, 1.82) is 0 Å². The zero-order valence-corrected chi connectivity index (χ0v) is 10.2. The van der Waals surface area contributed by atoms with Gasteiger partial charge in [0.25, 0.3) is 5.91 Å². The summed E-state index contributed by atoms with van der Waals surface area (Å²) >= 11 is 0. The van der Waals surface area contributed by atoms with Gasteiger partial charge in [-0.05, 0) is 24.3 Å². The minimum atomic E-state index is -0.763. The SMILES string of the molecule is O=C(NOC(=O)c1ccccc1)c1cc(O)cc(O)c1. The molecule has 2 rings (SSSR count). The molecule has 20 heavy (non-hydrogen) atoms. The van der Waals surface area contributed by atoms with Crippen LogP contribution in [-0.4, -0.2) is 22.1 Å². The fourth-order valence-corrected chi connectivity index (χ4v) is 1.51. The van der Waals surface area contributed by atoms with Crippen LogP contribution in [0.25, 0.3) is 0 Å². The van der Waals surface area contributed by atoms with Crippen molar-refractivity contribution in [1.82, 2.24) is 5.48 Å². The maximum absolute atomic E-state index is 11.7. The summed E-state index contributed by atoms with van der Waals surface area (Å²) in [5.74, 6) is -2.03. The van der Waals surface area contributed by atoms with Gasteiger partial charge in [-0.2, -0.15) is 5.48 Å². The third kappa shape index (κ3) is 3.26. The lowest BCUT2D eigenvalue weighted by Gasteiger charge is -2.06. The number of benzene rings is 2. The highest BCUT2D eigenvalue weighted by atomic mass is 16.7. The number of rotatable bonds is 2. The van der Waals surface area contributed by atoms with Crippen LogP contribution in [0.15, 0.2) is 48.5 Å². The van der Waals surface area contributed by atoms with Crippen LogP contribution in [0.2, 0.25) is 0 Å². The molecular weight excluding hydrogens is 262 g/mol. The molecule has 6 nitrogen and oxygen atoms in total. The largest absolute Gasteiger partial charge is 0.508 e. The van der Waals surface area contributed by atoms with Gasteiger partial charge in [0.2, 0.25) is 0 Å².